The summed E-state index contributed by atoms with van der Waals surface area (Å²) >= 11 is 1.81. The van der Waals surface area contributed by atoms with Crippen LogP contribution in [0.2, 0.25) is 0 Å². The van der Waals surface area contributed by atoms with Gasteiger partial charge >= 0.3 is 0 Å². The number of carbonyl (C=O) groups excluding carboxylic acids is 1. The Balaban J connectivity index is 0.00000231. The van der Waals surface area contributed by atoms with Crippen molar-refractivity contribution in [2.45, 2.75) is 39.5 Å². The Kier molecular flexibility index (Phi) is 6.12. The molecule has 1 N–H and O–H groups in total. The molecule has 1 aliphatic rings. The van der Waals surface area contributed by atoms with E-state index in [4.69, 9.17) is 4.98 Å². The first-order chi connectivity index (χ1) is 14.6. The summed E-state index contributed by atoms with van der Waals surface area (Å²) in [6, 6.07) is 18.2. The van der Waals surface area contributed by atoms with E-state index in [1.807, 2.05) is 56.3 Å². The first-order valence-electron chi connectivity index (χ1n) is 10.5. The largest absolute Gasteiger partial charge is 1.00 e. The van der Waals surface area contributed by atoms with E-state index < -0.39 is 0 Å². The first kappa shape index (κ1) is 21.5. The van der Waals surface area contributed by atoms with Crippen molar-refractivity contribution in [2.75, 3.05) is 5.32 Å². The van der Waals surface area contributed by atoms with Gasteiger partial charge in [-0.2, -0.15) is 0 Å². The van der Waals surface area contributed by atoms with Gasteiger partial charge in [-0.1, -0.05) is 48.5 Å². The number of para-hydroxylation sites is 1. The second-order valence-corrected chi connectivity index (χ2v) is 9.06. The number of nitrogens with one attached hydrogen (secondary N) is 1. The fourth-order valence-corrected chi connectivity index (χ4v) is 5.79. The topological polar surface area (TPSA) is 42.0 Å². The number of rotatable bonds is 3. The molecule has 0 spiro atoms. The van der Waals surface area contributed by atoms with Crippen molar-refractivity contribution in [3.05, 3.63) is 81.9 Å². The van der Waals surface area contributed by atoms with E-state index >= 15 is 0 Å². The molecule has 1 amide bonds. The third-order valence-corrected chi connectivity index (χ3v) is 7.15. The van der Waals surface area contributed by atoms with Crippen molar-refractivity contribution in [3.8, 4) is 11.1 Å². The number of hydrogen-bond acceptors (Lipinski definition) is 3. The maximum atomic E-state index is 13.6. The molecule has 1 aliphatic carbocycles. The highest BCUT2D eigenvalue weighted by Gasteiger charge is 2.26. The number of hydrogen-bond donors (Lipinski definition) is 1. The van der Waals surface area contributed by atoms with Crippen LogP contribution in [-0.2, 0) is 12.8 Å². The SMILES string of the molecule is Cc1ccccc1NC(=O)c1c(C)nc2sc3c(c2c1-c1ccccc1)CCCC3.[Cl-]. The Morgan fingerprint density at radius 3 is 2.45 bits per heavy atom. The van der Waals surface area contributed by atoms with Crippen LogP contribution in [0.4, 0.5) is 5.69 Å². The molecule has 2 aromatic heterocycles. The summed E-state index contributed by atoms with van der Waals surface area (Å²) < 4.78 is 0. The maximum absolute atomic E-state index is 13.6. The van der Waals surface area contributed by atoms with Crippen molar-refractivity contribution in [2.24, 2.45) is 0 Å². The minimum atomic E-state index is -0.0918. The predicted octanol–water partition coefficient (Wildman–Crippen LogP) is 3.72. The minimum Gasteiger partial charge on any atom is -1.00 e. The van der Waals surface area contributed by atoms with Crippen LogP contribution < -0.4 is 17.7 Å². The number of aromatic nitrogens is 1. The summed E-state index contributed by atoms with van der Waals surface area (Å²) in [5.74, 6) is -0.0918. The molecule has 0 saturated carbocycles. The summed E-state index contributed by atoms with van der Waals surface area (Å²) in [5, 5.41) is 4.32. The molecule has 4 aromatic rings. The number of fused-ring (bicyclic) bond motifs is 3. The molecule has 0 bridgehead atoms. The van der Waals surface area contributed by atoms with E-state index in [9.17, 15) is 4.79 Å². The van der Waals surface area contributed by atoms with Gasteiger partial charge < -0.3 is 17.7 Å². The van der Waals surface area contributed by atoms with Crippen molar-refractivity contribution in [1.29, 1.82) is 0 Å². The molecular weight excluding hydrogens is 424 g/mol. The van der Waals surface area contributed by atoms with Crippen LogP contribution in [0.1, 0.15) is 44.9 Å². The predicted molar refractivity (Wildman–Crippen MR) is 126 cm³/mol. The molecule has 2 heterocycles. The van der Waals surface area contributed by atoms with Crippen LogP contribution in [0.25, 0.3) is 21.3 Å². The quantitative estimate of drug-likeness (QED) is 0.520. The van der Waals surface area contributed by atoms with E-state index in [-0.39, 0.29) is 18.3 Å². The molecule has 5 rings (SSSR count). The highest BCUT2D eigenvalue weighted by Crippen LogP contribution is 2.43. The van der Waals surface area contributed by atoms with E-state index in [0.29, 0.717) is 5.56 Å². The smallest absolute Gasteiger partial charge is 0.258 e. The number of benzene rings is 2. The van der Waals surface area contributed by atoms with E-state index in [1.54, 1.807) is 11.3 Å². The highest BCUT2D eigenvalue weighted by molar-refractivity contribution is 7.19. The Hall–Kier alpha value is -2.69. The zero-order valence-electron chi connectivity index (χ0n) is 17.7. The lowest BCUT2D eigenvalue weighted by Crippen LogP contribution is -3.00. The van der Waals surface area contributed by atoms with Gasteiger partial charge in [0, 0.05) is 21.5 Å². The lowest BCUT2D eigenvalue weighted by Gasteiger charge is -2.17. The number of thiophene rings is 1. The van der Waals surface area contributed by atoms with Crippen molar-refractivity contribution in [1.82, 2.24) is 4.98 Å². The van der Waals surface area contributed by atoms with Gasteiger partial charge in [-0.05, 0) is 62.3 Å². The Labute approximate surface area is 193 Å². The zero-order chi connectivity index (χ0) is 20.7. The van der Waals surface area contributed by atoms with E-state index in [1.165, 1.54) is 28.7 Å². The first-order valence-corrected chi connectivity index (χ1v) is 11.3. The fraction of sp³-hybridized carbons (Fsp3) is 0.231. The molecular formula is C26H24ClN2OS-. The summed E-state index contributed by atoms with van der Waals surface area (Å²) in [6.45, 7) is 3.97. The third-order valence-electron chi connectivity index (χ3n) is 5.97. The molecule has 0 atom stereocenters. The third kappa shape index (κ3) is 3.86. The second-order valence-electron chi connectivity index (χ2n) is 7.97. The van der Waals surface area contributed by atoms with Crippen molar-refractivity contribution >= 4 is 33.1 Å². The minimum absolute atomic E-state index is 0. The average molecular weight is 448 g/mol. The summed E-state index contributed by atoms with van der Waals surface area (Å²) in [5.41, 5.74) is 6.87. The molecule has 0 saturated heterocycles. The maximum Gasteiger partial charge on any atom is 0.258 e. The number of nitrogens with zero attached hydrogens (tertiary/aromatic N) is 1. The second kappa shape index (κ2) is 8.81. The molecule has 158 valence electrons. The van der Waals surface area contributed by atoms with Gasteiger partial charge in [0.15, 0.2) is 0 Å². The Bertz CT molecular complexity index is 1260. The van der Waals surface area contributed by atoms with Gasteiger partial charge in [-0.3, -0.25) is 4.79 Å². The molecule has 0 aliphatic heterocycles. The number of amides is 1. The normalized spacial score (nSPS) is 12.8. The molecule has 31 heavy (non-hydrogen) atoms. The monoisotopic (exact) mass is 447 g/mol. The van der Waals surface area contributed by atoms with Crippen molar-refractivity contribution < 1.29 is 17.2 Å². The molecule has 3 nitrogen and oxygen atoms in total. The van der Waals surface area contributed by atoms with Crippen LogP contribution in [0.15, 0.2) is 54.6 Å². The number of anilines is 1. The van der Waals surface area contributed by atoms with Gasteiger partial charge in [-0.25, -0.2) is 4.98 Å². The van der Waals surface area contributed by atoms with Gasteiger partial charge in [0.05, 0.1) is 11.3 Å². The summed E-state index contributed by atoms with van der Waals surface area (Å²) in [7, 11) is 0. The van der Waals surface area contributed by atoms with Crippen LogP contribution in [0.3, 0.4) is 0 Å². The van der Waals surface area contributed by atoms with Gasteiger partial charge in [0.2, 0.25) is 0 Å². The zero-order valence-corrected chi connectivity index (χ0v) is 19.2. The summed E-state index contributed by atoms with van der Waals surface area (Å²) in [4.78, 5) is 21.0. The molecule has 0 radical (unpaired) electrons. The number of aryl methyl sites for hydroxylation is 4. The van der Waals surface area contributed by atoms with Crippen LogP contribution >= 0.6 is 11.3 Å². The number of pyridine rings is 1. The summed E-state index contributed by atoms with van der Waals surface area (Å²) in [6.07, 6.45) is 4.62. The van der Waals surface area contributed by atoms with Gasteiger partial charge in [0.1, 0.15) is 4.83 Å². The number of halogens is 1. The molecule has 5 heteroatoms. The van der Waals surface area contributed by atoms with E-state index in [0.717, 1.165) is 45.7 Å². The Morgan fingerprint density at radius 1 is 0.968 bits per heavy atom. The van der Waals surface area contributed by atoms with Gasteiger partial charge in [0.25, 0.3) is 5.91 Å². The molecule has 2 aromatic carbocycles. The average Bonchev–Trinajstić information content (AvgIpc) is 3.12. The van der Waals surface area contributed by atoms with Crippen molar-refractivity contribution in [3.63, 3.8) is 0 Å². The lowest BCUT2D eigenvalue weighted by molar-refractivity contribution is -0.0000137. The van der Waals surface area contributed by atoms with Gasteiger partial charge in [-0.15, -0.1) is 11.3 Å². The Morgan fingerprint density at radius 2 is 1.68 bits per heavy atom. The van der Waals surface area contributed by atoms with Crippen LogP contribution in [0, 0.1) is 13.8 Å². The fourth-order valence-electron chi connectivity index (χ4n) is 4.47. The van der Waals surface area contributed by atoms with Crippen LogP contribution in [0.5, 0.6) is 0 Å². The lowest BCUT2D eigenvalue weighted by atomic mass is 9.89. The number of carbonyl (C=O) groups is 1. The van der Waals surface area contributed by atoms with E-state index in [2.05, 4.69) is 17.4 Å². The molecule has 0 fully saturated rings. The highest BCUT2D eigenvalue weighted by atomic mass is 35.5. The van der Waals surface area contributed by atoms with Crippen LogP contribution in [-0.4, -0.2) is 10.9 Å². The standard InChI is InChI=1S/C26H24N2OS.ClH/c1-16-10-6-8-14-20(16)28-25(29)22-17(2)27-26-24(19-13-7-9-15-21(19)30-26)23(22)18-11-4-3-5-12-18;/h3-6,8,10-12,14H,7,9,13,15H2,1-2H3,(H,28,29);1H/p-1. The molecule has 0 unspecified atom stereocenters.